The number of hydrogen-bond donors (Lipinski definition) is 0. The van der Waals surface area contributed by atoms with Gasteiger partial charge in [-0.1, -0.05) is 27.7 Å². The summed E-state index contributed by atoms with van der Waals surface area (Å²) >= 11 is 0. The van der Waals surface area contributed by atoms with Crippen molar-refractivity contribution < 1.29 is 0 Å². The molecule has 0 radical (unpaired) electrons. The third kappa shape index (κ3) is 7.53. The fourth-order valence-corrected chi connectivity index (χ4v) is 4.15. The highest BCUT2D eigenvalue weighted by atomic mass is 15.3. The summed E-state index contributed by atoms with van der Waals surface area (Å²) in [5, 5.41) is 0. The third-order valence-electron chi connectivity index (χ3n) is 5.57. The maximum absolute atomic E-state index is 2.73. The Morgan fingerprint density at radius 3 is 1.91 bits per heavy atom. The molecule has 3 heteroatoms. The highest BCUT2D eigenvalue weighted by Gasteiger charge is 2.23. The average Bonchev–Trinajstić information content (AvgIpc) is 2.50. The van der Waals surface area contributed by atoms with Gasteiger partial charge in [-0.25, -0.2) is 0 Å². The molecule has 2 fully saturated rings. The van der Waals surface area contributed by atoms with Crippen LogP contribution in [-0.4, -0.2) is 73.6 Å². The molecule has 0 aromatic heterocycles. The standard InChI is InChI=1S/C20H41N3/c1-18(2)6-5-9-21-10-7-20(8-11-21)17-23-14-12-22(13-15-23)16-19(3)4/h18-20H,5-17H2,1-4H3. The maximum atomic E-state index is 2.73. The van der Waals surface area contributed by atoms with Crippen molar-refractivity contribution in [3.8, 4) is 0 Å². The highest BCUT2D eigenvalue weighted by molar-refractivity contribution is 4.79. The van der Waals surface area contributed by atoms with E-state index in [-0.39, 0.29) is 0 Å². The lowest BCUT2D eigenvalue weighted by atomic mass is 9.95. The number of hydrogen-bond acceptors (Lipinski definition) is 3. The van der Waals surface area contributed by atoms with Crippen LogP contribution in [0.3, 0.4) is 0 Å². The van der Waals surface area contributed by atoms with Gasteiger partial charge in [0.05, 0.1) is 0 Å². The minimum absolute atomic E-state index is 0.807. The van der Waals surface area contributed by atoms with Crippen molar-refractivity contribution in [1.82, 2.24) is 14.7 Å². The molecule has 0 aromatic rings. The topological polar surface area (TPSA) is 9.72 Å². The molecule has 0 aliphatic carbocycles. The van der Waals surface area contributed by atoms with Crippen LogP contribution in [0.4, 0.5) is 0 Å². The number of piperidine rings is 1. The molecule has 2 rings (SSSR count). The average molecular weight is 324 g/mol. The van der Waals surface area contributed by atoms with Gasteiger partial charge in [0.2, 0.25) is 0 Å². The fraction of sp³-hybridized carbons (Fsp3) is 1.00. The first-order valence-corrected chi connectivity index (χ1v) is 10.2. The van der Waals surface area contributed by atoms with Crippen molar-refractivity contribution in [2.75, 3.05) is 58.9 Å². The van der Waals surface area contributed by atoms with Crippen LogP contribution in [-0.2, 0) is 0 Å². The van der Waals surface area contributed by atoms with Gasteiger partial charge in [0.25, 0.3) is 0 Å². The summed E-state index contributed by atoms with van der Waals surface area (Å²) in [6.45, 7) is 21.2. The zero-order valence-corrected chi connectivity index (χ0v) is 16.3. The molecular weight excluding hydrogens is 282 g/mol. The van der Waals surface area contributed by atoms with Gasteiger partial charge in [-0.2, -0.15) is 0 Å². The monoisotopic (exact) mass is 323 g/mol. The molecule has 0 unspecified atom stereocenters. The Morgan fingerprint density at radius 1 is 0.739 bits per heavy atom. The molecule has 2 aliphatic rings. The quantitative estimate of drug-likeness (QED) is 0.678. The minimum atomic E-state index is 0.807. The van der Waals surface area contributed by atoms with Crippen LogP contribution < -0.4 is 0 Å². The largest absolute Gasteiger partial charge is 0.303 e. The summed E-state index contributed by atoms with van der Waals surface area (Å²) in [6.07, 6.45) is 5.63. The van der Waals surface area contributed by atoms with Crippen LogP contribution in [0.25, 0.3) is 0 Å². The SMILES string of the molecule is CC(C)CCCN1CCC(CN2CCN(CC(C)C)CC2)CC1. The number of piperazine rings is 1. The zero-order chi connectivity index (χ0) is 16.7. The fourth-order valence-electron chi connectivity index (χ4n) is 4.15. The molecule has 0 saturated carbocycles. The van der Waals surface area contributed by atoms with E-state index in [0.29, 0.717) is 0 Å². The van der Waals surface area contributed by atoms with Crippen LogP contribution in [0.15, 0.2) is 0 Å². The molecule has 2 aliphatic heterocycles. The second-order valence-corrected chi connectivity index (χ2v) is 8.82. The Bertz CT molecular complexity index is 300. The van der Waals surface area contributed by atoms with Gasteiger partial charge in [-0.05, 0) is 63.1 Å². The number of rotatable bonds is 8. The molecule has 0 atom stereocenters. The molecule has 0 bridgehead atoms. The van der Waals surface area contributed by atoms with Gasteiger partial charge in [-0.15, -0.1) is 0 Å². The molecule has 0 amide bonds. The summed E-state index contributed by atoms with van der Waals surface area (Å²) in [7, 11) is 0. The van der Waals surface area contributed by atoms with E-state index in [1.807, 2.05) is 0 Å². The Balaban J connectivity index is 1.56. The maximum Gasteiger partial charge on any atom is 0.0110 e. The molecule has 136 valence electrons. The normalized spacial score (nSPS) is 23.2. The van der Waals surface area contributed by atoms with Crippen molar-refractivity contribution in [2.45, 2.75) is 53.4 Å². The summed E-state index contributed by atoms with van der Waals surface area (Å²) in [6, 6.07) is 0. The van der Waals surface area contributed by atoms with Crippen LogP contribution in [0.5, 0.6) is 0 Å². The van der Waals surface area contributed by atoms with E-state index in [4.69, 9.17) is 0 Å². The summed E-state index contributed by atoms with van der Waals surface area (Å²) < 4.78 is 0. The molecular formula is C20H41N3. The molecule has 0 aromatic carbocycles. The van der Waals surface area contributed by atoms with Crippen molar-refractivity contribution >= 4 is 0 Å². The second-order valence-electron chi connectivity index (χ2n) is 8.82. The van der Waals surface area contributed by atoms with Gasteiger partial charge < -0.3 is 14.7 Å². The van der Waals surface area contributed by atoms with Gasteiger partial charge in [0.1, 0.15) is 0 Å². The Kier molecular flexibility index (Phi) is 8.35. The smallest absolute Gasteiger partial charge is 0.0110 e. The van der Waals surface area contributed by atoms with Crippen LogP contribution in [0.2, 0.25) is 0 Å². The van der Waals surface area contributed by atoms with Crippen LogP contribution in [0.1, 0.15) is 53.4 Å². The van der Waals surface area contributed by atoms with E-state index in [9.17, 15) is 0 Å². The van der Waals surface area contributed by atoms with E-state index < -0.39 is 0 Å². The third-order valence-corrected chi connectivity index (χ3v) is 5.57. The van der Waals surface area contributed by atoms with E-state index in [1.165, 1.54) is 84.6 Å². The van der Waals surface area contributed by atoms with Crippen LogP contribution in [0, 0.1) is 17.8 Å². The molecule has 3 nitrogen and oxygen atoms in total. The van der Waals surface area contributed by atoms with Gasteiger partial charge in [0, 0.05) is 39.3 Å². The molecule has 2 heterocycles. The molecule has 0 N–H and O–H groups in total. The summed E-state index contributed by atoms with van der Waals surface area (Å²) in [5.41, 5.74) is 0. The van der Waals surface area contributed by atoms with E-state index in [1.54, 1.807) is 0 Å². The summed E-state index contributed by atoms with van der Waals surface area (Å²) in [5.74, 6) is 2.62. The van der Waals surface area contributed by atoms with Crippen molar-refractivity contribution in [1.29, 1.82) is 0 Å². The first kappa shape index (κ1) is 19.2. The van der Waals surface area contributed by atoms with E-state index in [0.717, 1.165) is 17.8 Å². The van der Waals surface area contributed by atoms with Crippen molar-refractivity contribution in [2.24, 2.45) is 17.8 Å². The predicted molar refractivity (Wildman–Crippen MR) is 101 cm³/mol. The van der Waals surface area contributed by atoms with Gasteiger partial charge in [-0.3, -0.25) is 0 Å². The highest BCUT2D eigenvalue weighted by Crippen LogP contribution is 2.20. The first-order valence-electron chi connectivity index (χ1n) is 10.2. The number of likely N-dealkylation sites (tertiary alicyclic amines) is 1. The van der Waals surface area contributed by atoms with E-state index >= 15 is 0 Å². The molecule has 23 heavy (non-hydrogen) atoms. The second kappa shape index (κ2) is 10.0. The lowest BCUT2D eigenvalue weighted by Crippen LogP contribution is -2.49. The van der Waals surface area contributed by atoms with Crippen molar-refractivity contribution in [3.05, 3.63) is 0 Å². The number of nitrogens with zero attached hydrogens (tertiary/aromatic N) is 3. The Labute approximate surface area is 145 Å². The Morgan fingerprint density at radius 2 is 1.35 bits per heavy atom. The minimum Gasteiger partial charge on any atom is -0.303 e. The lowest BCUT2D eigenvalue weighted by Gasteiger charge is -2.39. The van der Waals surface area contributed by atoms with Crippen molar-refractivity contribution in [3.63, 3.8) is 0 Å². The molecule has 0 spiro atoms. The molecule has 2 saturated heterocycles. The Hall–Kier alpha value is -0.120. The van der Waals surface area contributed by atoms with Gasteiger partial charge >= 0.3 is 0 Å². The predicted octanol–water partition coefficient (Wildman–Crippen LogP) is 3.41. The van der Waals surface area contributed by atoms with Gasteiger partial charge in [0.15, 0.2) is 0 Å². The van der Waals surface area contributed by atoms with Crippen LogP contribution >= 0.6 is 0 Å². The zero-order valence-electron chi connectivity index (χ0n) is 16.3. The lowest BCUT2D eigenvalue weighted by molar-refractivity contribution is 0.0893. The first-order chi connectivity index (χ1) is 11.0. The summed E-state index contributed by atoms with van der Waals surface area (Å²) in [4.78, 5) is 8.09. The van der Waals surface area contributed by atoms with E-state index in [2.05, 4.69) is 42.4 Å².